The second-order valence-corrected chi connectivity index (χ2v) is 5.09. The van der Waals surface area contributed by atoms with Crippen LogP contribution >= 0.6 is 11.5 Å². The maximum atomic E-state index is 5.72. The quantitative estimate of drug-likeness (QED) is 0.863. The van der Waals surface area contributed by atoms with E-state index in [4.69, 9.17) is 5.73 Å². The third-order valence-corrected chi connectivity index (χ3v) is 4.21. The van der Waals surface area contributed by atoms with Crippen LogP contribution in [0.5, 0.6) is 0 Å². The molecule has 2 heterocycles. The number of nitrogens with two attached hydrogens (primary N) is 1. The Labute approximate surface area is 99.0 Å². The summed E-state index contributed by atoms with van der Waals surface area (Å²) in [6, 6.07) is 8.35. The van der Waals surface area contributed by atoms with Crippen molar-refractivity contribution in [2.45, 2.75) is 6.42 Å². The van der Waals surface area contributed by atoms with Gasteiger partial charge in [-0.3, -0.25) is 0 Å². The van der Waals surface area contributed by atoms with Gasteiger partial charge in [0.05, 0.1) is 5.52 Å². The van der Waals surface area contributed by atoms with Crippen LogP contribution < -0.4 is 10.6 Å². The van der Waals surface area contributed by atoms with Gasteiger partial charge in [-0.2, -0.15) is 4.37 Å². The highest BCUT2D eigenvalue weighted by atomic mass is 32.1. The van der Waals surface area contributed by atoms with Crippen molar-refractivity contribution >= 4 is 27.4 Å². The van der Waals surface area contributed by atoms with E-state index in [1.165, 1.54) is 16.8 Å². The molecule has 1 fully saturated rings. The third kappa shape index (κ3) is 1.58. The van der Waals surface area contributed by atoms with Gasteiger partial charge in [-0.1, -0.05) is 12.1 Å². The fraction of sp³-hybridized carbons (Fsp3) is 0.417. The van der Waals surface area contributed by atoms with Crippen molar-refractivity contribution in [3.63, 3.8) is 0 Å². The molecule has 2 aromatic rings. The first-order chi connectivity index (χ1) is 7.88. The average molecular weight is 233 g/mol. The molecule has 2 N–H and O–H groups in total. The second kappa shape index (κ2) is 4.03. The zero-order valence-corrected chi connectivity index (χ0v) is 9.91. The van der Waals surface area contributed by atoms with Gasteiger partial charge in [0.1, 0.15) is 5.00 Å². The average Bonchev–Trinajstić information content (AvgIpc) is 2.94. The lowest BCUT2D eigenvalue weighted by Gasteiger charge is -2.15. The van der Waals surface area contributed by atoms with Crippen LogP contribution in [0.1, 0.15) is 6.42 Å². The molecule has 16 heavy (non-hydrogen) atoms. The zero-order valence-electron chi connectivity index (χ0n) is 9.10. The molecule has 3 nitrogen and oxygen atoms in total. The minimum atomic E-state index is 0.654. The molecule has 1 saturated heterocycles. The Kier molecular flexibility index (Phi) is 2.53. The molecular formula is C12H15N3S. The van der Waals surface area contributed by atoms with Crippen molar-refractivity contribution in [3.8, 4) is 0 Å². The summed E-state index contributed by atoms with van der Waals surface area (Å²) in [6.45, 7) is 3.00. The monoisotopic (exact) mass is 233 g/mol. The van der Waals surface area contributed by atoms with Gasteiger partial charge in [0.25, 0.3) is 0 Å². The summed E-state index contributed by atoms with van der Waals surface area (Å²) in [5.41, 5.74) is 6.83. The molecule has 4 heteroatoms. The predicted octanol–water partition coefficient (Wildman–Crippen LogP) is 2.08. The molecule has 84 valence electrons. The van der Waals surface area contributed by atoms with Crippen LogP contribution in [0.15, 0.2) is 24.3 Å². The van der Waals surface area contributed by atoms with Crippen molar-refractivity contribution in [2.75, 3.05) is 24.5 Å². The van der Waals surface area contributed by atoms with Gasteiger partial charge in [0.15, 0.2) is 0 Å². The smallest absolute Gasteiger partial charge is 0.119 e. The lowest BCUT2D eigenvalue weighted by atomic mass is 10.1. The Morgan fingerprint density at radius 2 is 2.31 bits per heavy atom. The first-order valence-electron chi connectivity index (χ1n) is 5.68. The number of aromatic nitrogens is 1. The van der Waals surface area contributed by atoms with E-state index >= 15 is 0 Å². The third-order valence-electron chi connectivity index (χ3n) is 3.27. The van der Waals surface area contributed by atoms with Gasteiger partial charge < -0.3 is 10.6 Å². The standard InChI is InChI=1S/C12H15N3S/c13-7-9-5-6-15(8-9)12-10-3-1-2-4-11(10)14-16-12/h1-4,9H,5-8,13H2. The van der Waals surface area contributed by atoms with Crippen LogP contribution in [0.4, 0.5) is 5.00 Å². The van der Waals surface area contributed by atoms with Gasteiger partial charge in [0, 0.05) is 18.5 Å². The SMILES string of the molecule is NCC1CCN(c2snc3ccccc23)C1. The largest absolute Gasteiger partial charge is 0.361 e. The van der Waals surface area contributed by atoms with Crippen molar-refractivity contribution < 1.29 is 0 Å². The number of benzene rings is 1. The second-order valence-electron chi connectivity index (χ2n) is 4.34. The van der Waals surface area contributed by atoms with E-state index in [1.54, 1.807) is 11.5 Å². The van der Waals surface area contributed by atoms with E-state index in [9.17, 15) is 0 Å². The number of fused-ring (bicyclic) bond motifs is 1. The van der Waals surface area contributed by atoms with Gasteiger partial charge in [0.2, 0.25) is 0 Å². The lowest BCUT2D eigenvalue weighted by Crippen LogP contribution is -2.21. The predicted molar refractivity (Wildman–Crippen MR) is 69.0 cm³/mol. The van der Waals surface area contributed by atoms with E-state index < -0.39 is 0 Å². The minimum absolute atomic E-state index is 0.654. The van der Waals surface area contributed by atoms with Crippen LogP contribution in [0.2, 0.25) is 0 Å². The summed E-state index contributed by atoms with van der Waals surface area (Å²) < 4.78 is 4.48. The van der Waals surface area contributed by atoms with Crippen LogP contribution in [0, 0.1) is 5.92 Å². The topological polar surface area (TPSA) is 42.1 Å². The van der Waals surface area contributed by atoms with Crippen LogP contribution in [-0.2, 0) is 0 Å². The summed E-state index contributed by atoms with van der Waals surface area (Å²) in [6.07, 6.45) is 1.21. The maximum absolute atomic E-state index is 5.72. The summed E-state index contributed by atoms with van der Waals surface area (Å²) >= 11 is 1.61. The fourth-order valence-corrected chi connectivity index (χ4v) is 3.21. The highest BCUT2D eigenvalue weighted by Crippen LogP contribution is 2.34. The van der Waals surface area contributed by atoms with Crippen LogP contribution in [-0.4, -0.2) is 24.0 Å². The van der Waals surface area contributed by atoms with Gasteiger partial charge in [-0.05, 0) is 42.5 Å². The van der Waals surface area contributed by atoms with E-state index in [2.05, 4.69) is 27.5 Å². The highest BCUT2D eigenvalue weighted by molar-refractivity contribution is 7.11. The zero-order chi connectivity index (χ0) is 11.0. The van der Waals surface area contributed by atoms with E-state index in [0.717, 1.165) is 25.2 Å². The van der Waals surface area contributed by atoms with Crippen molar-refractivity contribution in [1.82, 2.24) is 4.37 Å². The number of nitrogens with zero attached hydrogens (tertiary/aromatic N) is 2. The highest BCUT2D eigenvalue weighted by Gasteiger charge is 2.23. The molecule has 3 rings (SSSR count). The Morgan fingerprint density at radius 1 is 1.44 bits per heavy atom. The fourth-order valence-electron chi connectivity index (χ4n) is 2.31. The summed E-state index contributed by atoms with van der Waals surface area (Å²) in [4.78, 5) is 2.43. The first-order valence-corrected chi connectivity index (χ1v) is 6.45. The number of hydrogen-bond donors (Lipinski definition) is 1. The first kappa shape index (κ1) is 10.1. The Bertz CT molecular complexity index is 494. The molecular weight excluding hydrogens is 218 g/mol. The summed E-state index contributed by atoms with van der Waals surface area (Å²) in [7, 11) is 0. The van der Waals surface area contributed by atoms with Crippen molar-refractivity contribution in [1.29, 1.82) is 0 Å². The van der Waals surface area contributed by atoms with E-state index in [1.807, 2.05) is 6.07 Å². The molecule has 1 aromatic heterocycles. The van der Waals surface area contributed by atoms with Crippen molar-refractivity contribution in [3.05, 3.63) is 24.3 Å². The van der Waals surface area contributed by atoms with Crippen LogP contribution in [0.3, 0.4) is 0 Å². The Morgan fingerprint density at radius 3 is 3.12 bits per heavy atom. The molecule has 1 aromatic carbocycles. The molecule has 1 aliphatic rings. The molecule has 0 spiro atoms. The molecule has 1 atom stereocenters. The van der Waals surface area contributed by atoms with Gasteiger partial charge >= 0.3 is 0 Å². The number of anilines is 1. The number of hydrogen-bond acceptors (Lipinski definition) is 4. The minimum Gasteiger partial charge on any atom is -0.361 e. The van der Waals surface area contributed by atoms with E-state index in [0.29, 0.717) is 5.92 Å². The molecule has 0 amide bonds. The van der Waals surface area contributed by atoms with Gasteiger partial charge in [-0.15, -0.1) is 0 Å². The molecule has 0 bridgehead atoms. The van der Waals surface area contributed by atoms with Crippen molar-refractivity contribution in [2.24, 2.45) is 11.7 Å². The maximum Gasteiger partial charge on any atom is 0.119 e. The summed E-state index contributed by atoms with van der Waals surface area (Å²) in [5, 5.41) is 2.59. The van der Waals surface area contributed by atoms with Gasteiger partial charge in [-0.25, -0.2) is 0 Å². The number of rotatable bonds is 2. The van der Waals surface area contributed by atoms with E-state index in [-0.39, 0.29) is 0 Å². The Hall–Kier alpha value is -1.13. The normalized spacial score (nSPS) is 20.8. The Balaban J connectivity index is 1.95. The lowest BCUT2D eigenvalue weighted by molar-refractivity contribution is 0.603. The summed E-state index contributed by atoms with van der Waals surface area (Å²) in [5.74, 6) is 0.654. The molecule has 0 radical (unpaired) electrons. The van der Waals surface area contributed by atoms with Crippen LogP contribution in [0.25, 0.3) is 10.9 Å². The molecule has 0 aliphatic carbocycles. The molecule has 0 saturated carbocycles. The molecule has 1 aliphatic heterocycles. The molecule has 1 unspecified atom stereocenters.